The van der Waals surface area contributed by atoms with E-state index < -0.39 is 17.7 Å². The third-order valence-electron chi connectivity index (χ3n) is 5.49. The smallest absolute Gasteiger partial charge is 0.416 e. The first kappa shape index (κ1) is 23.2. The van der Waals surface area contributed by atoms with Crippen LogP contribution in [0.3, 0.4) is 0 Å². The monoisotopic (exact) mass is 491 g/mol. The molecular formula is C25H18Cl2F3NO2. The lowest BCUT2D eigenvalue weighted by Crippen LogP contribution is -2.08. The second-order valence-corrected chi connectivity index (χ2v) is 8.37. The molecule has 1 aromatic heterocycles. The Kier molecular flexibility index (Phi) is 6.16. The number of methoxy groups -OCH3 is 1. The van der Waals surface area contributed by atoms with Gasteiger partial charge in [-0.3, -0.25) is 0 Å². The molecule has 0 atom stereocenters. The van der Waals surface area contributed by atoms with E-state index in [1.807, 2.05) is 36.4 Å². The Morgan fingerprint density at radius 1 is 1.03 bits per heavy atom. The number of fused-ring (bicyclic) bond motifs is 1. The summed E-state index contributed by atoms with van der Waals surface area (Å²) in [4.78, 5) is 12.1. The number of carbonyl (C=O) groups excluding carboxylic acids is 1. The number of alkyl halides is 3. The van der Waals surface area contributed by atoms with Gasteiger partial charge in [0.05, 0.1) is 28.8 Å². The molecule has 8 heteroatoms. The zero-order valence-corrected chi connectivity index (χ0v) is 19.1. The molecule has 3 aromatic carbocycles. The highest BCUT2D eigenvalue weighted by Crippen LogP contribution is 2.38. The Labute approximate surface area is 198 Å². The van der Waals surface area contributed by atoms with E-state index in [2.05, 4.69) is 0 Å². The minimum Gasteiger partial charge on any atom is -0.465 e. The van der Waals surface area contributed by atoms with E-state index >= 15 is 0 Å². The molecule has 0 fully saturated rings. The summed E-state index contributed by atoms with van der Waals surface area (Å²) < 4.78 is 47.4. The van der Waals surface area contributed by atoms with Gasteiger partial charge >= 0.3 is 12.1 Å². The number of aryl methyl sites for hydroxylation is 1. The van der Waals surface area contributed by atoms with Crippen LogP contribution < -0.4 is 0 Å². The van der Waals surface area contributed by atoms with Crippen molar-refractivity contribution in [3.05, 3.63) is 98.7 Å². The van der Waals surface area contributed by atoms with Crippen molar-refractivity contribution >= 4 is 40.1 Å². The molecule has 0 spiro atoms. The molecule has 33 heavy (non-hydrogen) atoms. The molecule has 0 radical (unpaired) electrons. The Balaban J connectivity index is 1.97. The number of ether oxygens (including phenoxy) is 1. The fraction of sp³-hybridized carbons (Fsp3) is 0.160. The van der Waals surface area contributed by atoms with Gasteiger partial charge in [-0.2, -0.15) is 13.2 Å². The normalized spacial score (nSPS) is 11.7. The second kappa shape index (κ2) is 8.76. The number of rotatable bonds is 4. The van der Waals surface area contributed by atoms with Crippen molar-refractivity contribution in [1.82, 2.24) is 4.57 Å². The van der Waals surface area contributed by atoms with Crippen LogP contribution in [0.1, 0.15) is 32.7 Å². The van der Waals surface area contributed by atoms with Crippen LogP contribution in [-0.2, 0) is 17.3 Å². The lowest BCUT2D eigenvalue weighted by molar-refractivity contribution is -0.137. The number of hydrogen-bond acceptors (Lipinski definition) is 2. The molecule has 4 rings (SSSR count). The van der Waals surface area contributed by atoms with Gasteiger partial charge in [-0.1, -0.05) is 41.4 Å². The fourth-order valence-corrected chi connectivity index (χ4v) is 4.53. The van der Waals surface area contributed by atoms with Gasteiger partial charge in [0.25, 0.3) is 0 Å². The number of benzene rings is 3. The van der Waals surface area contributed by atoms with Crippen molar-refractivity contribution in [3.8, 4) is 5.69 Å². The summed E-state index contributed by atoms with van der Waals surface area (Å²) in [6.45, 7) is 1.44. The van der Waals surface area contributed by atoms with Crippen LogP contribution in [0.5, 0.6) is 0 Å². The standard InChI is InChI=1S/C25H18Cl2F3NO2/c1-14-10-15-11-17(12-19-21(26)9-8-18(23(19)27)24(32)33-2)31(16-6-4-3-5-7-16)22(15)13-20(14)25(28,29)30/h3-11,13H,12H2,1-2H3. The van der Waals surface area contributed by atoms with Crippen molar-refractivity contribution in [2.24, 2.45) is 0 Å². The maximum atomic E-state index is 13.6. The van der Waals surface area contributed by atoms with Gasteiger partial charge in [-0.25, -0.2) is 4.79 Å². The molecule has 0 aliphatic heterocycles. The first-order chi connectivity index (χ1) is 15.6. The summed E-state index contributed by atoms with van der Waals surface area (Å²) in [5.74, 6) is -0.605. The maximum absolute atomic E-state index is 13.6. The largest absolute Gasteiger partial charge is 0.465 e. The first-order valence-electron chi connectivity index (χ1n) is 9.94. The van der Waals surface area contributed by atoms with E-state index in [1.54, 1.807) is 10.6 Å². The molecule has 0 unspecified atom stereocenters. The quantitative estimate of drug-likeness (QED) is 0.274. The number of carbonyl (C=O) groups is 1. The Morgan fingerprint density at radius 3 is 2.36 bits per heavy atom. The summed E-state index contributed by atoms with van der Waals surface area (Å²) in [5.41, 5.74) is 1.85. The van der Waals surface area contributed by atoms with Crippen LogP contribution in [0.4, 0.5) is 13.2 Å². The molecule has 0 bridgehead atoms. The molecule has 0 saturated heterocycles. The van der Waals surface area contributed by atoms with Gasteiger partial charge in [-0.05, 0) is 60.5 Å². The average molecular weight is 492 g/mol. The summed E-state index contributed by atoms with van der Waals surface area (Å²) in [7, 11) is 1.25. The predicted molar refractivity (Wildman–Crippen MR) is 124 cm³/mol. The maximum Gasteiger partial charge on any atom is 0.416 e. The molecule has 0 saturated carbocycles. The summed E-state index contributed by atoms with van der Waals surface area (Å²) in [6.07, 6.45) is -4.29. The summed E-state index contributed by atoms with van der Waals surface area (Å²) >= 11 is 12.9. The summed E-state index contributed by atoms with van der Waals surface area (Å²) in [5, 5.41) is 1.13. The molecular weight excluding hydrogens is 474 g/mol. The van der Waals surface area contributed by atoms with Gasteiger partial charge in [-0.15, -0.1) is 0 Å². The van der Waals surface area contributed by atoms with Crippen molar-refractivity contribution in [3.63, 3.8) is 0 Å². The van der Waals surface area contributed by atoms with Crippen LogP contribution >= 0.6 is 23.2 Å². The SMILES string of the molecule is COC(=O)c1ccc(Cl)c(Cc2cc3cc(C)c(C(F)(F)F)cc3n2-c2ccccc2)c1Cl. The van der Waals surface area contributed by atoms with Gasteiger partial charge < -0.3 is 9.30 Å². The topological polar surface area (TPSA) is 31.2 Å². The Hall–Kier alpha value is -2.96. The van der Waals surface area contributed by atoms with Gasteiger partial charge in [0, 0.05) is 28.2 Å². The zero-order chi connectivity index (χ0) is 23.9. The number of aromatic nitrogens is 1. The molecule has 1 heterocycles. The number of esters is 1. The van der Waals surface area contributed by atoms with E-state index in [-0.39, 0.29) is 22.6 Å². The molecule has 4 aromatic rings. The van der Waals surface area contributed by atoms with Crippen LogP contribution in [0.15, 0.2) is 60.7 Å². The van der Waals surface area contributed by atoms with Crippen LogP contribution in [-0.4, -0.2) is 17.6 Å². The summed E-state index contributed by atoms with van der Waals surface area (Å²) in [6, 6.07) is 16.6. The minimum absolute atomic E-state index is 0.135. The molecule has 170 valence electrons. The highest BCUT2D eigenvalue weighted by atomic mass is 35.5. The third kappa shape index (κ3) is 4.33. The van der Waals surface area contributed by atoms with Gasteiger partial charge in [0.15, 0.2) is 0 Å². The van der Waals surface area contributed by atoms with Gasteiger partial charge in [0.1, 0.15) is 0 Å². The van der Waals surface area contributed by atoms with E-state index in [1.165, 1.54) is 26.2 Å². The number of para-hydroxylation sites is 1. The molecule has 0 aliphatic carbocycles. The predicted octanol–water partition coefficient (Wildman–Crippen LogP) is 7.64. The molecule has 0 N–H and O–H groups in total. The van der Waals surface area contributed by atoms with Crippen molar-refractivity contribution in [1.29, 1.82) is 0 Å². The number of hydrogen-bond donors (Lipinski definition) is 0. The van der Waals surface area contributed by atoms with E-state index in [9.17, 15) is 18.0 Å². The highest BCUT2D eigenvalue weighted by Gasteiger charge is 2.33. The molecule has 0 amide bonds. The zero-order valence-electron chi connectivity index (χ0n) is 17.6. The fourth-order valence-electron chi connectivity index (χ4n) is 3.95. The van der Waals surface area contributed by atoms with E-state index in [0.717, 1.165) is 6.07 Å². The Morgan fingerprint density at radius 2 is 1.73 bits per heavy atom. The second-order valence-electron chi connectivity index (χ2n) is 7.59. The Bertz CT molecular complexity index is 1360. The van der Waals surface area contributed by atoms with E-state index in [0.29, 0.717) is 32.9 Å². The highest BCUT2D eigenvalue weighted by molar-refractivity contribution is 6.38. The number of halogens is 5. The lowest BCUT2D eigenvalue weighted by atomic mass is 10.0. The van der Waals surface area contributed by atoms with Gasteiger partial charge in [0.2, 0.25) is 0 Å². The average Bonchev–Trinajstić information content (AvgIpc) is 3.12. The minimum atomic E-state index is -4.48. The van der Waals surface area contributed by atoms with Crippen LogP contribution in [0.25, 0.3) is 16.6 Å². The van der Waals surface area contributed by atoms with E-state index in [4.69, 9.17) is 27.9 Å². The molecule has 0 aliphatic rings. The molecule has 3 nitrogen and oxygen atoms in total. The lowest BCUT2D eigenvalue weighted by Gasteiger charge is -2.15. The van der Waals surface area contributed by atoms with Crippen molar-refractivity contribution in [2.75, 3.05) is 7.11 Å². The number of nitrogens with zero attached hydrogens (tertiary/aromatic N) is 1. The van der Waals surface area contributed by atoms with Crippen molar-refractivity contribution in [2.45, 2.75) is 19.5 Å². The first-order valence-corrected chi connectivity index (χ1v) is 10.7. The third-order valence-corrected chi connectivity index (χ3v) is 6.28. The van der Waals surface area contributed by atoms with Crippen LogP contribution in [0.2, 0.25) is 10.0 Å². The van der Waals surface area contributed by atoms with Crippen molar-refractivity contribution < 1.29 is 22.7 Å². The van der Waals surface area contributed by atoms with Crippen LogP contribution in [0, 0.1) is 6.92 Å².